The highest BCUT2D eigenvalue weighted by Crippen LogP contribution is 2.31. The van der Waals surface area contributed by atoms with E-state index in [1.165, 1.54) is 6.07 Å². The highest BCUT2D eigenvalue weighted by atomic mass is 19.1. The molecule has 0 saturated carbocycles. The van der Waals surface area contributed by atoms with E-state index in [2.05, 4.69) is 26.1 Å². The molecule has 0 heterocycles. The number of nitrogen functional groups attached to an aromatic ring is 1. The van der Waals surface area contributed by atoms with Crippen molar-refractivity contribution in [3.8, 4) is 5.75 Å². The van der Waals surface area contributed by atoms with E-state index >= 15 is 0 Å². The maximum atomic E-state index is 13.7. The average molecular weight is 268 g/mol. The Morgan fingerprint density at radius 2 is 1.95 bits per heavy atom. The number of anilines is 2. The van der Waals surface area contributed by atoms with E-state index in [1.54, 1.807) is 6.07 Å². The Bertz CT molecular complexity index is 419. The molecule has 0 aromatic heterocycles. The van der Waals surface area contributed by atoms with Gasteiger partial charge in [-0.15, -0.1) is 0 Å². The maximum absolute atomic E-state index is 13.7. The van der Waals surface area contributed by atoms with E-state index in [9.17, 15) is 4.39 Å². The molecule has 1 aromatic carbocycles. The second-order valence-electron chi connectivity index (χ2n) is 5.48. The minimum atomic E-state index is -0.412. The monoisotopic (exact) mass is 268 g/mol. The lowest BCUT2D eigenvalue weighted by Crippen LogP contribution is -2.30. The van der Waals surface area contributed by atoms with Crippen LogP contribution in [-0.4, -0.2) is 12.1 Å². The van der Waals surface area contributed by atoms with Gasteiger partial charge in [0, 0.05) is 17.7 Å². The second-order valence-corrected chi connectivity index (χ2v) is 5.48. The zero-order chi connectivity index (χ0) is 14.5. The molecule has 0 aliphatic heterocycles. The van der Waals surface area contributed by atoms with E-state index in [-0.39, 0.29) is 11.3 Å². The number of nitrogens with one attached hydrogen (secondary N) is 1. The fourth-order valence-corrected chi connectivity index (χ4v) is 2.05. The van der Waals surface area contributed by atoms with Crippen LogP contribution >= 0.6 is 0 Å². The van der Waals surface area contributed by atoms with Gasteiger partial charge in [-0.05, 0) is 26.7 Å². The van der Waals surface area contributed by atoms with E-state index in [0.29, 0.717) is 12.3 Å². The van der Waals surface area contributed by atoms with Gasteiger partial charge in [-0.3, -0.25) is 0 Å². The molecule has 0 unspecified atom stereocenters. The van der Waals surface area contributed by atoms with Gasteiger partial charge in [-0.1, -0.05) is 20.3 Å². The third-order valence-electron chi connectivity index (χ3n) is 2.91. The topological polar surface area (TPSA) is 47.3 Å². The van der Waals surface area contributed by atoms with Crippen LogP contribution in [0, 0.1) is 5.82 Å². The Balaban J connectivity index is 2.94. The van der Waals surface area contributed by atoms with Crippen LogP contribution in [0.15, 0.2) is 12.1 Å². The van der Waals surface area contributed by atoms with Crippen molar-refractivity contribution >= 4 is 11.4 Å². The summed E-state index contributed by atoms with van der Waals surface area (Å²) < 4.78 is 19.1. The summed E-state index contributed by atoms with van der Waals surface area (Å²) in [5.41, 5.74) is 6.92. The Morgan fingerprint density at radius 1 is 1.26 bits per heavy atom. The fraction of sp³-hybridized carbons (Fsp3) is 0.600. The fourth-order valence-electron chi connectivity index (χ4n) is 2.05. The molecule has 0 atom stereocenters. The first-order valence-corrected chi connectivity index (χ1v) is 6.89. The molecule has 0 radical (unpaired) electrons. The van der Waals surface area contributed by atoms with Crippen molar-refractivity contribution in [2.24, 2.45) is 0 Å². The molecule has 3 N–H and O–H groups in total. The molecule has 0 amide bonds. The van der Waals surface area contributed by atoms with Crippen molar-refractivity contribution in [1.82, 2.24) is 0 Å². The lowest BCUT2D eigenvalue weighted by molar-refractivity contribution is 0.301. The Labute approximate surface area is 115 Å². The molecule has 4 heteroatoms. The Morgan fingerprint density at radius 3 is 2.53 bits per heavy atom. The summed E-state index contributed by atoms with van der Waals surface area (Å²) in [4.78, 5) is 0. The quantitative estimate of drug-likeness (QED) is 0.729. The zero-order valence-electron chi connectivity index (χ0n) is 12.3. The molecule has 0 aliphatic carbocycles. The van der Waals surface area contributed by atoms with Gasteiger partial charge in [-0.25, -0.2) is 4.39 Å². The molecule has 108 valence electrons. The summed E-state index contributed by atoms with van der Waals surface area (Å²) >= 11 is 0. The minimum Gasteiger partial charge on any atom is -0.490 e. The van der Waals surface area contributed by atoms with Crippen molar-refractivity contribution in [2.45, 2.75) is 52.5 Å². The average Bonchev–Trinajstić information content (AvgIpc) is 2.31. The SMILES string of the molecule is CCCOc1cc(NC(C)(C)CCC)c(N)cc1F. The van der Waals surface area contributed by atoms with Crippen LogP contribution in [0.25, 0.3) is 0 Å². The molecule has 0 saturated heterocycles. The largest absolute Gasteiger partial charge is 0.490 e. The summed E-state index contributed by atoms with van der Waals surface area (Å²) in [6.45, 7) is 8.82. The zero-order valence-corrected chi connectivity index (χ0v) is 12.3. The van der Waals surface area contributed by atoms with Gasteiger partial charge < -0.3 is 15.8 Å². The van der Waals surface area contributed by atoms with Gasteiger partial charge >= 0.3 is 0 Å². The third-order valence-corrected chi connectivity index (χ3v) is 2.91. The van der Waals surface area contributed by atoms with Crippen molar-refractivity contribution < 1.29 is 9.13 Å². The number of ether oxygens (including phenoxy) is 1. The van der Waals surface area contributed by atoms with E-state index in [0.717, 1.165) is 24.9 Å². The van der Waals surface area contributed by atoms with Gasteiger partial charge in [0.1, 0.15) is 0 Å². The molecule has 3 nitrogen and oxygen atoms in total. The molecule has 19 heavy (non-hydrogen) atoms. The van der Waals surface area contributed by atoms with E-state index in [1.807, 2.05) is 6.92 Å². The first-order valence-electron chi connectivity index (χ1n) is 6.89. The summed E-state index contributed by atoms with van der Waals surface area (Å²) in [6.07, 6.45) is 2.92. The lowest BCUT2D eigenvalue weighted by atomic mass is 9.98. The van der Waals surface area contributed by atoms with Crippen LogP contribution in [0.4, 0.5) is 15.8 Å². The minimum absolute atomic E-state index is 0.0806. The highest BCUT2D eigenvalue weighted by Gasteiger charge is 2.18. The van der Waals surface area contributed by atoms with Crippen LogP contribution in [0.5, 0.6) is 5.75 Å². The predicted octanol–water partition coefficient (Wildman–Crippen LogP) is 4.19. The molecule has 0 spiro atoms. The highest BCUT2D eigenvalue weighted by molar-refractivity contribution is 5.69. The van der Waals surface area contributed by atoms with E-state index < -0.39 is 5.82 Å². The summed E-state index contributed by atoms with van der Waals surface area (Å²) in [7, 11) is 0. The van der Waals surface area contributed by atoms with Gasteiger partial charge in [0.05, 0.1) is 18.0 Å². The summed E-state index contributed by atoms with van der Waals surface area (Å²) in [5.74, 6) is -0.157. The van der Waals surface area contributed by atoms with Crippen LogP contribution in [0.3, 0.4) is 0 Å². The maximum Gasteiger partial charge on any atom is 0.167 e. The molecule has 0 aliphatic rings. The van der Waals surface area contributed by atoms with Gasteiger partial charge in [0.25, 0.3) is 0 Å². The predicted molar refractivity (Wildman–Crippen MR) is 79.2 cm³/mol. The lowest BCUT2D eigenvalue weighted by Gasteiger charge is -2.28. The summed E-state index contributed by atoms with van der Waals surface area (Å²) in [6, 6.07) is 2.97. The van der Waals surface area contributed by atoms with Crippen LogP contribution in [-0.2, 0) is 0 Å². The molecule has 0 fully saturated rings. The van der Waals surface area contributed by atoms with Crippen LogP contribution < -0.4 is 15.8 Å². The van der Waals surface area contributed by atoms with Crippen molar-refractivity contribution in [1.29, 1.82) is 0 Å². The number of nitrogens with two attached hydrogens (primary N) is 1. The second kappa shape index (κ2) is 6.64. The molecule has 1 aromatic rings. The smallest absolute Gasteiger partial charge is 0.167 e. The summed E-state index contributed by atoms with van der Waals surface area (Å²) in [5, 5.41) is 3.36. The van der Waals surface area contributed by atoms with Crippen molar-refractivity contribution in [3.05, 3.63) is 17.9 Å². The number of benzene rings is 1. The van der Waals surface area contributed by atoms with Gasteiger partial charge in [0.15, 0.2) is 11.6 Å². The van der Waals surface area contributed by atoms with Gasteiger partial charge in [0.2, 0.25) is 0 Å². The third kappa shape index (κ3) is 4.62. The first-order chi connectivity index (χ1) is 8.89. The van der Waals surface area contributed by atoms with E-state index in [4.69, 9.17) is 10.5 Å². The van der Waals surface area contributed by atoms with Crippen LogP contribution in [0.2, 0.25) is 0 Å². The van der Waals surface area contributed by atoms with Crippen LogP contribution in [0.1, 0.15) is 47.0 Å². The van der Waals surface area contributed by atoms with Gasteiger partial charge in [-0.2, -0.15) is 0 Å². The standard InChI is InChI=1S/C15H25FN2O/c1-5-7-15(3,4)18-13-10-14(19-8-6-2)11(16)9-12(13)17/h9-10,18H,5-8,17H2,1-4H3. The molecule has 1 rings (SSSR count). The molecule has 0 bridgehead atoms. The number of hydrogen-bond acceptors (Lipinski definition) is 3. The first kappa shape index (κ1) is 15.6. The number of rotatable bonds is 7. The van der Waals surface area contributed by atoms with Crippen molar-refractivity contribution in [3.63, 3.8) is 0 Å². The molecular weight excluding hydrogens is 243 g/mol. The normalized spacial score (nSPS) is 11.4. The van der Waals surface area contributed by atoms with Crippen molar-refractivity contribution in [2.75, 3.05) is 17.7 Å². The Hall–Kier alpha value is -1.45. The molecular formula is C15H25FN2O. The number of hydrogen-bond donors (Lipinski definition) is 2. The Kier molecular flexibility index (Phi) is 5.45. The number of halogens is 1.